The number of hydrogen-bond acceptors (Lipinski definition) is 4. The summed E-state index contributed by atoms with van der Waals surface area (Å²) in [7, 11) is 0. The number of piperidine rings is 1. The van der Waals surface area contributed by atoms with Crippen molar-refractivity contribution in [3.63, 3.8) is 0 Å². The van der Waals surface area contributed by atoms with E-state index in [-0.39, 0.29) is 17.6 Å². The fraction of sp³-hybridized carbons (Fsp3) is 0.318. The minimum Gasteiger partial charge on any atom is -0.361 e. The SMILES string of the molecule is Cc1noc(C)c1-c1cccc([C@@H]2CCCN(C(=O)c3ccc(F)cc3)C2)n1. The predicted molar refractivity (Wildman–Crippen MR) is 103 cm³/mol. The number of likely N-dealkylation sites (tertiary alicyclic amines) is 1. The fourth-order valence-electron chi connectivity index (χ4n) is 3.84. The number of rotatable bonds is 3. The number of aryl methyl sites for hydroxylation is 2. The van der Waals surface area contributed by atoms with Crippen molar-refractivity contribution in [1.82, 2.24) is 15.0 Å². The van der Waals surface area contributed by atoms with E-state index < -0.39 is 0 Å². The topological polar surface area (TPSA) is 59.2 Å². The number of halogens is 1. The molecule has 1 fully saturated rings. The lowest BCUT2D eigenvalue weighted by atomic mass is 9.93. The molecule has 5 nitrogen and oxygen atoms in total. The molecule has 1 aliphatic rings. The largest absolute Gasteiger partial charge is 0.361 e. The molecule has 3 aromatic rings. The van der Waals surface area contributed by atoms with Crippen LogP contribution in [0, 0.1) is 19.7 Å². The van der Waals surface area contributed by atoms with Gasteiger partial charge in [-0.3, -0.25) is 9.78 Å². The van der Waals surface area contributed by atoms with Gasteiger partial charge in [0, 0.05) is 30.3 Å². The molecule has 1 saturated heterocycles. The Morgan fingerprint density at radius 1 is 1.18 bits per heavy atom. The molecular formula is C22H22FN3O2. The van der Waals surface area contributed by atoms with Gasteiger partial charge >= 0.3 is 0 Å². The lowest BCUT2D eigenvalue weighted by Gasteiger charge is -2.32. The molecule has 1 amide bonds. The molecular weight excluding hydrogens is 357 g/mol. The van der Waals surface area contributed by atoms with Gasteiger partial charge in [-0.05, 0) is 63.1 Å². The van der Waals surface area contributed by atoms with E-state index in [0.29, 0.717) is 18.7 Å². The van der Waals surface area contributed by atoms with Crippen LogP contribution in [0.3, 0.4) is 0 Å². The van der Waals surface area contributed by atoms with Gasteiger partial charge in [0.1, 0.15) is 11.6 Å². The van der Waals surface area contributed by atoms with Crippen LogP contribution in [0.1, 0.15) is 46.3 Å². The Morgan fingerprint density at radius 2 is 1.96 bits per heavy atom. The van der Waals surface area contributed by atoms with Gasteiger partial charge in [-0.2, -0.15) is 0 Å². The summed E-state index contributed by atoms with van der Waals surface area (Å²) in [5.74, 6) is 0.512. The third-order valence-corrected chi connectivity index (χ3v) is 5.28. The van der Waals surface area contributed by atoms with E-state index >= 15 is 0 Å². The average Bonchev–Trinajstić information content (AvgIpc) is 3.06. The monoisotopic (exact) mass is 379 g/mol. The zero-order chi connectivity index (χ0) is 19.7. The summed E-state index contributed by atoms with van der Waals surface area (Å²) >= 11 is 0. The Labute approximate surface area is 163 Å². The second-order valence-electron chi connectivity index (χ2n) is 7.24. The molecule has 1 aromatic carbocycles. The molecule has 28 heavy (non-hydrogen) atoms. The van der Waals surface area contributed by atoms with Gasteiger partial charge in [0.15, 0.2) is 0 Å². The highest BCUT2D eigenvalue weighted by molar-refractivity contribution is 5.94. The minimum absolute atomic E-state index is 0.0634. The second kappa shape index (κ2) is 7.54. The number of pyridine rings is 1. The maximum atomic E-state index is 13.1. The van der Waals surface area contributed by atoms with Gasteiger partial charge in [0.05, 0.1) is 17.0 Å². The van der Waals surface area contributed by atoms with E-state index in [4.69, 9.17) is 9.51 Å². The van der Waals surface area contributed by atoms with Crippen LogP contribution in [0.5, 0.6) is 0 Å². The highest BCUT2D eigenvalue weighted by Gasteiger charge is 2.27. The van der Waals surface area contributed by atoms with Crippen LogP contribution in [-0.4, -0.2) is 34.0 Å². The summed E-state index contributed by atoms with van der Waals surface area (Å²) in [4.78, 5) is 19.5. The number of hydrogen-bond donors (Lipinski definition) is 0. The quantitative estimate of drug-likeness (QED) is 0.672. The van der Waals surface area contributed by atoms with Gasteiger partial charge in [-0.1, -0.05) is 11.2 Å². The summed E-state index contributed by atoms with van der Waals surface area (Å²) in [5.41, 5.74) is 4.07. The Kier molecular flexibility index (Phi) is 4.94. The molecule has 0 aliphatic carbocycles. The number of amides is 1. The maximum Gasteiger partial charge on any atom is 0.253 e. The zero-order valence-electron chi connectivity index (χ0n) is 16.0. The molecule has 2 aromatic heterocycles. The predicted octanol–water partition coefficient (Wildman–Crippen LogP) is 4.51. The smallest absolute Gasteiger partial charge is 0.253 e. The number of benzene rings is 1. The molecule has 0 saturated carbocycles. The van der Waals surface area contributed by atoms with E-state index in [2.05, 4.69) is 5.16 Å². The molecule has 1 aliphatic heterocycles. The van der Waals surface area contributed by atoms with Gasteiger partial charge in [-0.15, -0.1) is 0 Å². The van der Waals surface area contributed by atoms with Crippen molar-refractivity contribution in [2.45, 2.75) is 32.6 Å². The Balaban J connectivity index is 1.56. The standard InChI is InChI=1S/C22H22FN3O2/c1-14-21(15(2)28-25-14)20-7-3-6-19(24-20)17-5-4-12-26(13-17)22(27)16-8-10-18(23)11-9-16/h3,6-11,17H,4-5,12-13H2,1-2H3/t17-/m1/s1. The summed E-state index contributed by atoms with van der Waals surface area (Å²) in [5, 5.41) is 4.02. The third kappa shape index (κ3) is 3.54. The van der Waals surface area contributed by atoms with E-state index in [1.54, 1.807) is 0 Å². The molecule has 0 bridgehead atoms. The van der Waals surface area contributed by atoms with E-state index in [0.717, 1.165) is 41.2 Å². The van der Waals surface area contributed by atoms with E-state index in [9.17, 15) is 9.18 Å². The first-order chi connectivity index (χ1) is 13.5. The summed E-state index contributed by atoms with van der Waals surface area (Å²) in [6.45, 7) is 5.10. The van der Waals surface area contributed by atoms with Gasteiger partial charge in [-0.25, -0.2) is 4.39 Å². The third-order valence-electron chi connectivity index (χ3n) is 5.28. The maximum absolute atomic E-state index is 13.1. The Bertz CT molecular complexity index is 978. The van der Waals surface area contributed by atoms with Crippen molar-refractivity contribution >= 4 is 5.91 Å². The van der Waals surface area contributed by atoms with Crippen molar-refractivity contribution < 1.29 is 13.7 Å². The van der Waals surface area contributed by atoms with Crippen LogP contribution >= 0.6 is 0 Å². The van der Waals surface area contributed by atoms with Crippen LogP contribution in [0.15, 0.2) is 47.0 Å². The minimum atomic E-state index is -0.339. The zero-order valence-corrected chi connectivity index (χ0v) is 16.0. The van der Waals surface area contributed by atoms with E-state index in [1.807, 2.05) is 36.9 Å². The molecule has 4 rings (SSSR count). The number of nitrogens with zero attached hydrogens (tertiary/aromatic N) is 3. The van der Waals surface area contributed by atoms with Crippen molar-refractivity contribution in [3.8, 4) is 11.3 Å². The van der Waals surface area contributed by atoms with Crippen molar-refractivity contribution in [2.24, 2.45) is 0 Å². The molecule has 1 atom stereocenters. The Hall–Kier alpha value is -3.02. The van der Waals surface area contributed by atoms with Gasteiger partial charge in [0.25, 0.3) is 5.91 Å². The summed E-state index contributed by atoms with van der Waals surface area (Å²) in [6, 6.07) is 11.7. The first-order valence-electron chi connectivity index (χ1n) is 9.48. The van der Waals surface area contributed by atoms with Crippen LogP contribution in [-0.2, 0) is 0 Å². The Morgan fingerprint density at radius 3 is 2.68 bits per heavy atom. The second-order valence-corrected chi connectivity index (χ2v) is 7.24. The first-order valence-corrected chi connectivity index (χ1v) is 9.48. The van der Waals surface area contributed by atoms with Crippen molar-refractivity contribution in [1.29, 1.82) is 0 Å². The summed E-state index contributed by atoms with van der Waals surface area (Å²) < 4.78 is 18.4. The molecule has 0 radical (unpaired) electrons. The van der Waals surface area contributed by atoms with Crippen LogP contribution in [0.4, 0.5) is 4.39 Å². The fourth-order valence-corrected chi connectivity index (χ4v) is 3.84. The highest BCUT2D eigenvalue weighted by atomic mass is 19.1. The molecule has 6 heteroatoms. The van der Waals surface area contributed by atoms with Crippen LogP contribution in [0.25, 0.3) is 11.3 Å². The number of carbonyl (C=O) groups excluding carboxylic acids is 1. The molecule has 144 valence electrons. The number of aromatic nitrogens is 2. The van der Waals surface area contributed by atoms with Gasteiger partial charge in [0.2, 0.25) is 0 Å². The summed E-state index contributed by atoms with van der Waals surface area (Å²) in [6.07, 6.45) is 1.89. The normalized spacial score (nSPS) is 17.0. The molecule has 0 unspecified atom stereocenters. The van der Waals surface area contributed by atoms with Gasteiger partial charge < -0.3 is 9.42 Å². The molecule has 0 spiro atoms. The van der Waals surface area contributed by atoms with Crippen LogP contribution < -0.4 is 0 Å². The van der Waals surface area contributed by atoms with Crippen LogP contribution in [0.2, 0.25) is 0 Å². The average molecular weight is 379 g/mol. The van der Waals surface area contributed by atoms with E-state index in [1.165, 1.54) is 24.3 Å². The lowest BCUT2D eigenvalue weighted by molar-refractivity contribution is 0.0706. The molecule has 3 heterocycles. The highest BCUT2D eigenvalue weighted by Crippen LogP contribution is 2.30. The first kappa shape index (κ1) is 18.3. The lowest BCUT2D eigenvalue weighted by Crippen LogP contribution is -2.39. The van der Waals surface area contributed by atoms with Crippen molar-refractivity contribution in [3.05, 3.63) is 71.0 Å². The van der Waals surface area contributed by atoms with Crippen molar-refractivity contribution in [2.75, 3.05) is 13.1 Å². The molecule has 0 N–H and O–H groups in total. The number of carbonyl (C=O) groups is 1.